The molecule has 3 aromatic carbocycles. The molecule has 1 nitrogen and oxygen atoms in total. The summed E-state index contributed by atoms with van der Waals surface area (Å²) >= 11 is 0. The molecule has 0 aliphatic heterocycles. The highest BCUT2D eigenvalue weighted by Crippen LogP contribution is 2.31. The summed E-state index contributed by atoms with van der Waals surface area (Å²) in [6.45, 7) is 21.1. The van der Waals surface area contributed by atoms with Gasteiger partial charge in [0, 0.05) is 17.6 Å². The van der Waals surface area contributed by atoms with Crippen molar-refractivity contribution in [3.8, 4) is 0 Å². The summed E-state index contributed by atoms with van der Waals surface area (Å²) in [7, 11) is 0. The van der Waals surface area contributed by atoms with E-state index >= 15 is 0 Å². The molecule has 0 N–H and O–H groups in total. The van der Waals surface area contributed by atoms with E-state index in [-0.39, 0.29) is 0 Å². The highest BCUT2D eigenvalue weighted by atomic mass is 15.1. The van der Waals surface area contributed by atoms with Crippen molar-refractivity contribution in [3.63, 3.8) is 0 Å². The van der Waals surface area contributed by atoms with E-state index in [0.29, 0.717) is 0 Å². The lowest BCUT2D eigenvalue weighted by Crippen LogP contribution is -2.10. The molecular weight excluding hydrogens is 567 g/mol. The van der Waals surface area contributed by atoms with Gasteiger partial charge in [-0.1, -0.05) is 140 Å². The Hall–Kier alpha value is -4.62. The Bertz CT molecular complexity index is 1610. The van der Waals surface area contributed by atoms with E-state index in [0.717, 1.165) is 44.1 Å². The smallest absolute Gasteiger partial charge is 0.0458 e. The second kappa shape index (κ2) is 19.8. The molecule has 0 heterocycles. The summed E-state index contributed by atoms with van der Waals surface area (Å²) in [6.07, 6.45) is 31.2. The number of allylic oxidation sites excluding steroid dienone is 10. The first kappa shape index (κ1) is 36.8. The Morgan fingerprint density at radius 1 is 0.553 bits per heavy atom. The summed E-state index contributed by atoms with van der Waals surface area (Å²) in [5.74, 6) is 0. The fraction of sp³-hybridized carbons (Fsp3) is 0.261. The van der Waals surface area contributed by atoms with Gasteiger partial charge in [-0.25, -0.2) is 0 Å². The normalized spacial score (nSPS) is 12.6. The standard InChI is InChI=1S/C46H55N/c1-9-17-23-36-25-26-43(44(32-36)33-40(14-6)37(11-3)22-10-2)24-20-18-19-21-31-47(45-29-27-38(12-4)41(15-7)34-45)46-30-28-39(13-5)42(16-8)35-46/h9-10,17-35H,1-2,11-16H2,3-8H3/b19-18-,23-17-,24-20-,31-21-,37-22-,40-33-. The molecule has 0 amide bonds. The van der Waals surface area contributed by atoms with Gasteiger partial charge >= 0.3 is 0 Å². The predicted octanol–water partition coefficient (Wildman–Crippen LogP) is 13.4. The van der Waals surface area contributed by atoms with Gasteiger partial charge in [0.2, 0.25) is 0 Å². The van der Waals surface area contributed by atoms with Crippen molar-refractivity contribution in [1.82, 2.24) is 0 Å². The van der Waals surface area contributed by atoms with Gasteiger partial charge in [-0.3, -0.25) is 0 Å². The number of rotatable bonds is 17. The Labute approximate surface area is 286 Å². The van der Waals surface area contributed by atoms with Crippen molar-refractivity contribution < 1.29 is 0 Å². The van der Waals surface area contributed by atoms with E-state index in [4.69, 9.17) is 0 Å². The zero-order valence-corrected chi connectivity index (χ0v) is 29.7. The molecule has 244 valence electrons. The van der Waals surface area contributed by atoms with E-state index in [1.165, 1.54) is 55.9 Å². The largest absolute Gasteiger partial charge is 0.317 e. The summed E-state index contributed by atoms with van der Waals surface area (Å²) in [5.41, 5.74) is 14.3. The molecule has 0 fully saturated rings. The van der Waals surface area contributed by atoms with Crippen LogP contribution in [0.5, 0.6) is 0 Å². The number of benzene rings is 3. The van der Waals surface area contributed by atoms with Crippen LogP contribution in [0.1, 0.15) is 93.3 Å². The van der Waals surface area contributed by atoms with Gasteiger partial charge in [0.25, 0.3) is 0 Å². The van der Waals surface area contributed by atoms with Crippen molar-refractivity contribution in [1.29, 1.82) is 0 Å². The third kappa shape index (κ3) is 10.4. The summed E-state index contributed by atoms with van der Waals surface area (Å²) in [5, 5.41) is 0. The zero-order valence-electron chi connectivity index (χ0n) is 29.7. The zero-order chi connectivity index (χ0) is 34.0. The quantitative estimate of drug-likeness (QED) is 0.136. The Kier molecular flexibility index (Phi) is 15.5. The van der Waals surface area contributed by atoms with E-state index in [9.17, 15) is 0 Å². The van der Waals surface area contributed by atoms with Crippen molar-refractivity contribution in [2.24, 2.45) is 0 Å². The van der Waals surface area contributed by atoms with Gasteiger partial charge < -0.3 is 4.90 Å². The van der Waals surface area contributed by atoms with Gasteiger partial charge in [-0.15, -0.1) is 0 Å². The van der Waals surface area contributed by atoms with Crippen LogP contribution < -0.4 is 4.90 Å². The minimum atomic E-state index is 0.965. The lowest BCUT2D eigenvalue weighted by Gasteiger charge is -2.24. The van der Waals surface area contributed by atoms with Gasteiger partial charge in [-0.05, 0) is 125 Å². The minimum absolute atomic E-state index is 0.965. The second-order valence-electron chi connectivity index (χ2n) is 11.6. The van der Waals surface area contributed by atoms with E-state index in [1.54, 1.807) is 0 Å². The van der Waals surface area contributed by atoms with E-state index < -0.39 is 0 Å². The fourth-order valence-corrected chi connectivity index (χ4v) is 5.97. The molecule has 3 rings (SSSR count). The molecule has 0 aliphatic carbocycles. The molecule has 0 aliphatic rings. The average Bonchev–Trinajstić information content (AvgIpc) is 3.11. The lowest BCUT2D eigenvalue weighted by molar-refractivity contribution is 1.03. The topological polar surface area (TPSA) is 3.24 Å². The summed E-state index contributed by atoms with van der Waals surface area (Å²) < 4.78 is 0. The van der Waals surface area contributed by atoms with Crippen LogP contribution in [-0.2, 0) is 25.7 Å². The number of aryl methyl sites for hydroxylation is 4. The summed E-state index contributed by atoms with van der Waals surface area (Å²) in [4.78, 5) is 2.32. The number of nitrogens with zero attached hydrogens (tertiary/aromatic N) is 1. The first-order valence-electron chi connectivity index (χ1n) is 17.5. The third-order valence-electron chi connectivity index (χ3n) is 8.66. The molecule has 0 saturated heterocycles. The van der Waals surface area contributed by atoms with Crippen LogP contribution in [0.2, 0.25) is 0 Å². The fourth-order valence-electron chi connectivity index (χ4n) is 5.97. The van der Waals surface area contributed by atoms with Crippen LogP contribution in [0.15, 0.2) is 134 Å². The van der Waals surface area contributed by atoms with Gasteiger partial charge in [0.05, 0.1) is 0 Å². The first-order valence-corrected chi connectivity index (χ1v) is 17.5. The van der Waals surface area contributed by atoms with Crippen LogP contribution in [0.25, 0.3) is 18.2 Å². The van der Waals surface area contributed by atoms with Crippen LogP contribution >= 0.6 is 0 Å². The van der Waals surface area contributed by atoms with Crippen LogP contribution in [0, 0.1) is 0 Å². The molecule has 0 spiro atoms. The van der Waals surface area contributed by atoms with Crippen molar-refractivity contribution in [2.75, 3.05) is 4.90 Å². The minimum Gasteiger partial charge on any atom is -0.317 e. The predicted molar refractivity (Wildman–Crippen MR) is 212 cm³/mol. The molecular formula is C46H55N. The number of hydrogen-bond acceptors (Lipinski definition) is 1. The molecule has 0 unspecified atom stereocenters. The molecule has 0 atom stereocenters. The highest BCUT2D eigenvalue weighted by molar-refractivity contribution is 5.72. The SMILES string of the molecule is C=C/C=C\c1ccc(\C=C/C=C\C=C/N(c2ccc(CC)c(CC)c2)c2ccc(CC)c(CC)c2)c(/C=C(CC)\C(=C/C=C)CC)c1. The Morgan fingerprint density at radius 2 is 1.15 bits per heavy atom. The Balaban J connectivity index is 1.97. The summed E-state index contributed by atoms with van der Waals surface area (Å²) in [6, 6.07) is 20.4. The van der Waals surface area contributed by atoms with Crippen LogP contribution in [0.3, 0.4) is 0 Å². The molecule has 0 saturated carbocycles. The highest BCUT2D eigenvalue weighted by Gasteiger charge is 2.11. The van der Waals surface area contributed by atoms with Gasteiger partial charge in [-0.2, -0.15) is 0 Å². The monoisotopic (exact) mass is 621 g/mol. The molecule has 47 heavy (non-hydrogen) atoms. The maximum atomic E-state index is 3.93. The van der Waals surface area contributed by atoms with Crippen LogP contribution in [-0.4, -0.2) is 0 Å². The van der Waals surface area contributed by atoms with E-state index in [2.05, 4.69) is 169 Å². The van der Waals surface area contributed by atoms with Gasteiger partial charge in [0.15, 0.2) is 0 Å². The second-order valence-corrected chi connectivity index (χ2v) is 11.6. The molecule has 3 aromatic rings. The lowest BCUT2D eigenvalue weighted by atomic mass is 9.95. The first-order chi connectivity index (χ1) is 23.0. The van der Waals surface area contributed by atoms with Crippen LogP contribution in [0.4, 0.5) is 11.4 Å². The third-order valence-corrected chi connectivity index (χ3v) is 8.66. The maximum Gasteiger partial charge on any atom is 0.0458 e. The van der Waals surface area contributed by atoms with Gasteiger partial charge in [0.1, 0.15) is 0 Å². The van der Waals surface area contributed by atoms with Crippen molar-refractivity contribution in [2.45, 2.75) is 80.1 Å². The molecule has 0 aromatic heterocycles. The molecule has 0 bridgehead atoms. The molecule has 0 radical (unpaired) electrons. The average molecular weight is 622 g/mol. The molecule has 1 heteroatoms. The maximum absolute atomic E-state index is 3.93. The van der Waals surface area contributed by atoms with Crippen molar-refractivity contribution >= 4 is 29.6 Å². The van der Waals surface area contributed by atoms with Crippen molar-refractivity contribution in [3.05, 3.63) is 173 Å². The Morgan fingerprint density at radius 3 is 1.68 bits per heavy atom. The number of hydrogen-bond donors (Lipinski definition) is 0. The van der Waals surface area contributed by atoms with E-state index in [1.807, 2.05) is 18.2 Å². The number of anilines is 2.